The molecule has 5 nitrogen and oxygen atoms in total. The molecule has 33 heavy (non-hydrogen) atoms. The molecule has 4 rings (SSSR count). The van der Waals surface area contributed by atoms with Gasteiger partial charge in [-0.05, 0) is 48.6 Å². The van der Waals surface area contributed by atoms with Crippen LogP contribution in [0, 0.1) is 0 Å². The number of nitrogens with zero attached hydrogens (tertiary/aromatic N) is 1. The van der Waals surface area contributed by atoms with Crippen LogP contribution in [0.25, 0.3) is 0 Å². The minimum atomic E-state index is -0.236. The standard InChI is InChI=1S/C28H31N3O2/c1-2-24(22-13-7-4-8-14-22)28(33)30-23-15-16-26(31-17-9-10-18-31)25(19-23)27(32)29-20-21-11-5-3-6-12-21/h3-8,11-16,19,24H,2,9-10,17-18,20H2,1H3,(H,29,32)(H,30,33). The summed E-state index contributed by atoms with van der Waals surface area (Å²) in [6.07, 6.45) is 2.95. The highest BCUT2D eigenvalue weighted by Crippen LogP contribution is 2.29. The van der Waals surface area contributed by atoms with Crippen molar-refractivity contribution in [3.63, 3.8) is 0 Å². The first-order valence-corrected chi connectivity index (χ1v) is 11.7. The van der Waals surface area contributed by atoms with Crippen LogP contribution < -0.4 is 15.5 Å². The maximum Gasteiger partial charge on any atom is 0.253 e. The van der Waals surface area contributed by atoms with Crippen molar-refractivity contribution >= 4 is 23.2 Å². The molecule has 2 amide bonds. The fourth-order valence-corrected chi connectivity index (χ4v) is 4.39. The van der Waals surface area contributed by atoms with Gasteiger partial charge in [0.25, 0.3) is 5.91 Å². The SMILES string of the molecule is CCC(C(=O)Nc1ccc(N2CCCC2)c(C(=O)NCc2ccccc2)c1)c1ccccc1. The Kier molecular flexibility index (Phi) is 7.40. The molecule has 5 heteroatoms. The lowest BCUT2D eigenvalue weighted by Crippen LogP contribution is -2.28. The third-order valence-electron chi connectivity index (χ3n) is 6.18. The molecular weight excluding hydrogens is 410 g/mol. The van der Waals surface area contributed by atoms with Crippen molar-refractivity contribution in [2.75, 3.05) is 23.3 Å². The molecule has 1 saturated heterocycles. The van der Waals surface area contributed by atoms with Gasteiger partial charge >= 0.3 is 0 Å². The number of hydrogen-bond donors (Lipinski definition) is 2. The molecule has 0 aromatic heterocycles. The smallest absolute Gasteiger partial charge is 0.253 e. The van der Waals surface area contributed by atoms with Crippen LogP contribution in [-0.4, -0.2) is 24.9 Å². The third-order valence-corrected chi connectivity index (χ3v) is 6.18. The molecule has 3 aromatic rings. The Balaban J connectivity index is 1.55. The third kappa shape index (κ3) is 5.61. The van der Waals surface area contributed by atoms with Crippen LogP contribution in [0.2, 0.25) is 0 Å². The van der Waals surface area contributed by atoms with Crippen LogP contribution in [0.3, 0.4) is 0 Å². The molecular formula is C28H31N3O2. The molecule has 1 heterocycles. The first-order chi connectivity index (χ1) is 16.2. The average molecular weight is 442 g/mol. The number of carbonyl (C=O) groups is 2. The molecule has 0 saturated carbocycles. The number of rotatable bonds is 8. The summed E-state index contributed by atoms with van der Waals surface area (Å²) >= 11 is 0. The van der Waals surface area contributed by atoms with E-state index in [0.29, 0.717) is 24.2 Å². The Bertz CT molecular complexity index is 1080. The van der Waals surface area contributed by atoms with E-state index in [1.165, 1.54) is 0 Å². The van der Waals surface area contributed by atoms with E-state index in [2.05, 4.69) is 15.5 Å². The van der Waals surface area contributed by atoms with Crippen molar-refractivity contribution in [2.45, 2.75) is 38.6 Å². The summed E-state index contributed by atoms with van der Waals surface area (Å²) in [4.78, 5) is 28.5. The molecule has 2 N–H and O–H groups in total. The molecule has 3 aromatic carbocycles. The number of nitrogens with one attached hydrogen (secondary N) is 2. The normalized spacial score (nSPS) is 14.0. The molecule has 170 valence electrons. The Morgan fingerprint density at radius 1 is 0.909 bits per heavy atom. The van der Waals surface area contributed by atoms with Crippen LogP contribution >= 0.6 is 0 Å². The van der Waals surface area contributed by atoms with E-state index in [4.69, 9.17) is 0 Å². The zero-order valence-corrected chi connectivity index (χ0v) is 19.1. The van der Waals surface area contributed by atoms with Crippen molar-refractivity contribution in [1.82, 2.24) is 5.32 Å². The lowest BCUT2D eigenvalue weighted by molar-refractivity contribution is -0.117. The molecule has 1 aliphatic rings. The van der Waals surface area contributed by atoms with Crippen molar-refractivity contribution in [1.29, 1.82) is 0 Å². The van der Waals surface area contributed by atoms with Crippen LogP contribution in [0.5, 0.6) is 0 Å². The molecule has 1 unspecified atom stereocenters. The van der Waals surface area contributed by atoms with Gasteiger partial charge in [0.2, 0.25) is 5.91 Å². The fourth-order valence-electron chi connectivity index (χ4n) is 4.39. The second kappa shape index (κ2) is 10.8. The number of benzene rings is 3. The average Bonchev–Trinajstić information content (AvgIpc) is 3.39. The van der Waals surface area contributed by atoms with Crippen LogP contribution in [0.1, 0.15) is 53.6 Å². The largest absolute Gasteiger partial charge is 0.371 e. The number of amides is 2. The molecule has 0 spiro atoms. The summed E-state index contributed by atoms with van der Waals surface area (Å²) < 4.78 is 0. The summed E-state index contributed by atoms with van der Waals surface area (Å²) in [5, 5.41) is 6.08. The molecule has 0 radical (unpaired) electrons. The summed E-state index contributed by atoms with van der Waals surface area (Å²) in [5.41, 5.74) is 4.20. The van der Waals surface area contributed by atoms with Crippen molar-refractivity contribution in [3.8, 4) is 0 Å². The number of anilines is 2. The van der Waals surface area contributed by atoms with Crippen LogP contribution in [0.15, 0.2) is 78.9 Å². The Morgan fingerprint density at radius 2 is 1.58 bits per heavy atom. The summed E-state index contributed by atoms with van der Waals surface area (Å²) in [6.45, 7) is 4.35. The van der Waals surface area contributed by atoms with E-state index in [9.17, 15) is 9.59 Å². The van der Waals surface area contributed by atoms with Gasteiger partial charge in [-0.25, -0.2) is 0 Å². The minimum absolute atomic E-state index is 0.0618. The van der Waals surface area contributed by atoms with Crippen LogP contribution in [0.4, 0.5) is 11.4 Å². The Morgan fingerprint density at radius 3 is 2.24 bits per heavy atom. The van der Waals surface area contributed by atoms with E-state index >= 15 is 0 Å². The van der Waals surface area contributed by atoms with E-state index in [0.717, 1.165) is 42.7 Å². The summed E-state index contributed by atoms with van der Waals surface area (Å²) in [5.74, 6) is -0.431. The highest BCUT2D eigenvalue weighted by Gasteiger charge is 2.22. The maximum atomic E-state index is 13.2. The first kappa shape index (κ1) is 22.6. The van der Waals surface area contributed by atoms with Crippen molar-refractivity contribution < 1.29 is 9.59 Å². The van der Waals surface area contributed by atoms with Crippen molar-refractivity contribution in [3.05, 3.63) is 95.6 Å². The Labute approximate surface area is 195 Å². The second-order valence-electron chi connectivity index (χ2n) is 8.46. The zero-order chi connectivity index (χ0) is 23.0. The summed E-state index contributed by atoms with van der Waals surface area (Å²) in [6, 6.07) is 25.3. The molecule has 1 fully saturated rings. The summed E-state index contributed by atoms with van der Waals surface area (Å²) in [7, 11) is 0. The molecule has 0 bridgehead atoms. The monoisotopic (exact) mass is 441 g/mol. The van der Waals surface area contributed by atoms with Gasteiger partial charge in [0.1, 0.15) is 0 Å². The van der Waals surface area contributed by atoms with Gasteiger partial charge in [0.15, 0.2) is 0 Å². The maximum absolute atomic E-state index is 13.2. The van der Waals surface area contributed by atoms with E-state index in [1.54, 1.807) is 0 Å². The highest BCUT2D eigenvalue weighted by molar-refractivity contribution is 6.03. The predicted molar refractivity (Wildman–Crippen MR) is 134 cm³/mol. The quantitative estimate of drug-likeness (QED) is 0.495. The van der Waals surface area contributed by atoms with Gasteiger partial charge in [-0.1, -0.05) is 67.6 Å². The van der Waals surface area contributed by atoms with Gasteiger partial charge in [-0.15, -0.1) is 0 Å². The Hall–Kier alpha value is -3.60. The predicted octanol–water partition coefficient (Wildman–Crippen LogP) is 5.35. The van der Waals surface area contributed by atoms with Gasteiger partial charge in [-0.2, -0.15) is 0 Å². The lowest BCUT2D eigenvalue weighted by atomic mass is 9.95. The van der Waals surface area contributed by atoms with Gasteiger partial charge in [0.05, 0.1) is 11.5 Å². The number of carbonyl (C=O) groups excluding carboxylic acids is 2. The fraction of sp³-hybridized carbons (Fsp3) is 0.286. The lowest BCUT2D eigenvalue weighted by Gasteiger charge is -2.22. The van der Waals surface area contributed by atoms with Crippen molar-refractivity contribution in [2.24, 2.45) is 0 Å². The van der Waals surface area contributed by atoms with E-state index < -0.39 is 0 Å². The van der Waals surface area contributed by atoms with Crippen LogP contribution in [-0.2, 0) is 11.3 Å². The number of hydrogen-bond acceptors (Lipinski definition) is 3. The minimum Gasteiger partial charge on any atom is -0.371 e. The first-order valence-electron chi connectivity index (χ1n) is 11.7. The highest BCUT2D eigenvalue weighted by atomic mass is 16.2. The zero-order valence-electron chi connectivity index (χ0n) is 19.1. The van der Waals surface area contributed by atoms with Gasteiger partial charge in [0, 0.05) is 31.0 Å². The molecule has 1 aliphatic heterocycles. The van der Waals surface area contributed by atoms with E-state index in [-0.39, 0.29) is 17.7 Å². The molecule has 1 atom stereocenters. The second-order valence-corrected chi connectivity index (χ2v) is 8.46. The molecule has 0 aliphatic carbocycles. The van der Waals surface area contributed by atoms with Gasteiger partial charge in [-0.3, -0.25) is 9.59 Å². The topological polar surface area (TPSA) is 61.4 Å². The van der Waals surface area contributed by atoms with Gasteiger partial charge < -0.3 is 15.5 Å². The van der Waals surface area contributed by atoms with E-state index in [1.807, 2.05) is 85.8 Å².